The highest BCUT2D eigenvalue weighted by atomic mass is 32.2. The number of amides is 1. The Kier molecular flexibility index (Phi) is 4.27. The number of para-hydroxylation sites is 1. The van der Waals surface area contributed by atoms with Gasteiger partial charge in [0.05, 0.1) is 11.9 Å². The zero-order chi connectivity index (χ0) is 17.4. The number of fused-ring (bicyclic) bond motifs is 1. The minimum atomic E-state index is -0.0708. The molecule has 0 unspecified atom stereocenters. The summed E-state index contributed by atoms with van der Waals surface area (Å²) in [5.41, 5.74) is 2.09. The van der Waals surface area contributed by atoms with E-state index in [2.05, 4.69) is 34.9 Å². The minimum absolute atomic E-state index is 0.0708. The minimum Gasteiger partial charge on any atom is -0.302 e. The Balaban J connectivity index is 1.70. The van der Waals surface area contributed by atoms with Gasteiger partial charge in [0.25, 0.3) is 5.91 Å². The number of thioether (sulfide) groups is 1. The molecule has 0 aliphatic carbocycles. The van der Waals surface area contributed by atoms with Gasteiger partial charge in [-0.25, -0.2) is 4.98 Å². The molecule has 0 N–H and O–H groups in total. The maximum absolute atomic E-state index is 13.2. The van der Waals surface area contributed by atoms with Gasteiger partial charge >= 0.3 is 0 Å². The van der Waals surface area contributed by atoms with Gasteiger partial charge in [-0.2, -0.15) is 0 Å². The van der Waals surface area contributed by atoms with E-state index in [4.69, 9.17) is 0 Å². The van der Waals surface area contributed by atoms with Gasteiger partial charge in [-0.1, -0.05) is 19.1 Å². The van der Waals surface area contributed by atoms with E-state index in [9.17, 15) is 4.79 Å². The first-order valence-corrected chi connectivity index (χ1v) is 9.72. The predicted molar refractivity (Wildman–Crippen MR) is 101 cm³/mol. The van der Waals surface area contributed by atoms with E-state index >= 15 is 0 Å². The van der Waals surface area contributed by atoms with Crippen molar-refractivity contribution in [3.63, 3.8) is 0 Å². The smallest absolute Gasteiger partial charge is 0.278 e. The van der Waals surface area contributed by atoms with Gasteiger partial charge in [-0.15, -0.1) is 23.1 Å². The highest BCUT2D eigenvalue weighted by Crippen LogP contribution is 2.42. The molecule has 1 aromatic carbocycles. The monoisotopic (exact) mass is 368 g/mol. The molecular weight excluding hydrogens is 352 g/mol. The van der Waals surface area contributed by atoms with E-state index in [1.165, 1.54) is 11.3 Å². The van der Waals surface area contributed by atoms with Crippen molar-refractivity contribution in [3.05, 3.63) is 53.9 Å². The van der Waals surface area contributed by atoms with Gasteiger partial charge in [0, 0.05) is 34.0 Å². The Morgan fingerprint density at radius 3 is 2.84 bits per heavy atom. The number of rotatable bonds is 2. The van der Waals surface area contributed by atoms with Gasteiger partial charge < -0.3 is 4.90 Å². The van der Waals surface area contributed by atoms with E-state index in [-0.39, 0.29) is 11.9 Å². The third-order valence-corrected chi connectivity index (χ3v) is 6.48. The second kappa shape index (κ2) is 6.57. The van der Waals surface area contributed by atoms with E-state index in [1.807, 2.05) is 34.9 Å². The second-order valence-corrected chi connectivity index (χ2v) is 8.11. The summed E-state index contributed by atoms with van der Waals surface area (Å²) in [5.74, 6) is -0.0708. The van der Waals surface area contributed by atoms with Crippen LogP contribution in [0.5, 0.6) is 0 Å². The summed E-state index contributed by atoms with van der Waals surface area (Å²) in [6.45, 7) is 4.24. The van der Waals surface area contributed by atoms with Crippen LogP contribution in [0, 0.1) is 0 Å². The fraction of sp³-hybridized carbons (Fsp3) is 0.222. The van der Waals surface area contributed by atoms with Gasteiger partial charge in [-0.3, -0.25) is 14.8 Å². The molecule has 0 spiro atoms. The Bertz CT molecular complexity index is 912. The Hall–Kier alpha value is -2.25. The lowest BCUT2D eigenvalue weighted by molar-refractivity contribution is 0.0973. The van der Waals surface area contributed by atoms with Crippen molar-refractivity contribution in [1.82, 2.24) is 15.0 Å². The quantitative estimate of drug-likeness (QED) is 0.681. The number of anilines is 1. The summed E-state index contributed by atoms with van der Waals surface area (Å²) >= 11 is 3.22. The summed E-state index contributed by atoms with van der Waals surface area (Å²) in [6.07, 6.45) is 4.90. The van der Waals surface area contributed by atoms with E-state index in [0.29, 0.717) is 21.6 Å². The molecule has 0 saturated heterocycles. The lowest BCUT2D eigenvalue weighted by Crippen LogP contribution is -2.46. The average molecular weight is 368 g/mol. The molecule has 7 heteroatoms. The number of hydrogen-bond acceptors (Lipinski definition) is 6. The number of carbonyl (C=O) groups excluding carboxylic acids is 1. The van der Waals surface area contributed by atoms with Gasteiger partial charge in [0.1, 0.15) is 16.4 Å². The Labute approximate surface area is 154 Å². The maximum atomic E-state index is 13.2. The number of thiazole rings is 1. The van der Waals surface area contributed by atoms with Crippen LogP contribution in [0.25, 0.3) is 10.7 Å². The van der Waals surface area contributed by atoms with Crippen LogP contribution in [-0.2, 0) is 0 Å². The Morgan fingerprint density at radius 1 is 1.20 bits per heavy atom. The molecule has 0 saturated carbocycles. The molecule has 5 nitrogen and oxygen atoms in total. The van der Waals surface area contributed by atoms with Crippen LogP contribution in [0.15, 0.2) is 53.1 Å². The van der Waals surface area contributed by atoms with Crippen molar-refractivity contribution >= 4 is 34.7 Å². The van der Waals surface area contributed by atoms with Crippen molar-refractivity contribution in [1.29, 1.82) is 0 Å². The van der Waals surface area contributed by atoms with E-state index in [1.54, 1.807) is 24.0 Å². The third kappa shape index (κ3) is 2.94. The average Bonchev–Trinajstić information content (AvgIpc) is 3.13. The van der Waals surface area contributed by atoms with Crippen molar-refractivity contribution in [3.8, 4) is 10.7 Å². The van der Waals surface area contributed by atoms with Crippen LogP contribution < -0.4 is 4.90 Å². The number of hydrogen-bond donors (Lipinski definition) is 0. The first-order valence-electron chi connectivity index (χ1n) is 7.96. The van der Waals surface area contributed by atoms with Crippen LogP contribution in [0.3, 0.4) is 0 Å². The standard InChI is InChI=1S/C18H16N4OS2/c1-11-12(2)25-16-6-4-3-5-15(16)22(11)18(23)14-10-24-17(21-14)13-9-19-7-8-20-13/h3-12H,1-2H3/t11-,12-/m0/s1. The fourth-order valence-electron chi connectivity index (χ4n) is 2.80. The molecule has 126 valence electrons. The largest absolute Gasteiger partial charge is 0.302 e. The van der Waals surface area contributed by atoms with Crippen LogP contribution in [-0.4, -0.2) is 32.2 Å². The van der Waals surface area contributed by atoms with Gasteiger partial charge in [0.2, 0.25) is 0 Å². The summed E-state index contributed by atoms with van der Waals surface area (Å²) in [6, 6.07) is 8.13. The van der Waals surface area contributed by atoms with Crippen LogP contribution >= 0.6 is 23.1 Å². The number of nitrogens with zero attached hydrogens (tertiary/aromatic N) is 4. The zero-order valence-corrected chi connectivity index (χ0v) is 15.4. The lowest BCUT2D eigenvalue weighted by atomic mass is 10.1. The molecule has 2 atom stereocenters. The summed E-state index contributed by atoms with van der Waals surface area (Å²) < 4.78 is 0. The molecule has 2 aromatic heterocycles. The number of aromatic nitrogens is 3. The maximum Gasteiger partial charge on any atom is 0.278 e. The van der Waals surface area contributed by atoms with E-state index in [0.717, 1.165) is 10.6 Å². The summed E-state index contributed by atoms with van der Waals surface area (Å²) in [7, 11) is 0. The van der Waals surface area contributed by atoms with Crippen molar-refractivity contribution in [2.45, 2.75) is 30.0 Å². The molecule has 0 bridgehead atoms. The lowest BCUT2D eigenvalue weighted by Gasteiger charge is -2.38. The zero-order valence-electron chi connectivity index (χ0n) is 13.8. The topological polar surface area (TPSA) is 59.0 Å². The molecule has 0 fully saturated rings. The van der Waals surface area contributed by atoms with Crippen LogP contribution in [0.2, 0.25) is 0 Å². The van der Waals surface area contributed by atoms with Crippen LogP contribution in [0.4, 0.5) is 5.69 Å². The Morgan fingerprint density at radius 2 is 2.04 bits per heavy atom. The molecule has 3 aromatic rings. The van der Waals surface area contributed by atoms with Gasteiger partial charge in [0.15, 0.2) is 0 Å². The van der Waals surface area contributed by atoms with Crippen molar-refractivity contribution in [2.24, 2.45) is 0 Å². The highest BCUT2D eigenvalue weighted by molar-refractivity contribution is 8.00. The second-order valence-electron chi connectivity index (χ2n) is 5.84. The molecule has 4 rings (SSSR count). The molecule has 25 heavy (non-hydrogen) atoms. The first kappa shape index (κ1) is 16.2. The van der Waals surface area contributed by atoms with E-state index < -0.39 is 0 Å². The normalized spacial score (nSPS) is 19.5. The van der Waals surface area contributed by atoms with Crippen molar-refractivity contribution < 1.29 is 4.79 Å². The molecule has 1 aliphatic rings. The first-order chi connectivity index (χ1) is 12.1. The SMILES string of the molecule is C[C@@H]1Sc2ccccc2N(C(=O)c2csc(-c3cnccn3)n2)[C@H]1C. The highest BCUT2D eigenvalue weighted by Gasteiger charge is 2.34. The molecule has 1 aliphatic heterocycles. The molecular formula is C18H16N4OS2. The number of carbonyl (C=O) groups is 1. The molecule has 3 heterocycles. The molecule has 0 radical (unpaired) electrons. The van der Waals surface area contributed by atoms with Crippen LogP contribution in [0.1, 0.15) is 24.3 Å². The predicted octanol–water partition coefficient (Wildman–Crippen LogP) is 4.13. The van der Waals surface area contributed by atoms with Crippen molar-refractivity contribution in [2.75, 3.05) is 4.90 Å². The third-order valence-electron chi connectivity index (χ3n) is 4.25. The number of benzene rings is 1. The molecule has 1 amide bonds. The summed E-state index contributed by atoms with van der Waals surface area (Å²) in [4.78, 5) is 29.0. The van der Waals surface area contributed by atoms with Gasteiger partial charge in [-0.05, 0) is 19.1 Å². The summed E-state index contributed by atoms with van der Waals surface area (Å²) in [5, 5.41) is 2.82. The fourth-order valence-corrected chi connectivity index (χ4v) is 4.72.